The van der Waals surface area contributed by atoms with E-state index in [0.717, 1.165) is 11.0 Å². The van der Waals surface area contributed by atoms with Crippen LogP contribution in [0.5, 0.6) is 0 Å². The Morgan fingerprint density at radius 2 is 1.92 bits per heavy atom. The zero-order valence-corrected chi connectivity index (χ0v) is 14.4. The second kappa shape index (κ2) is 7.85. The van der Waals surface area contributed by atoms with Gasteiger partial charge in [0.2, 0.25) is 5.91 Å². The van der Waals surface area contributed by atoms with E-state index in [9.17, 15) is 9.59 Å². The summed E-state index contributed by atoms with van der Waals surface area (Å²) in [6.45, 7) is 2.02. The number of hydrogen-bond acceptors (Lipinski definition) is 5. The van der Waals surface area contributed by atoms with E-state index in [1.165, 1.54) is 11.8 Å². The van der Waals surface area contributed by atoms with E-state index in [4.69, 9.17) is 4.74 Å². The maximum Gasteiger partial charge on any atom is 0.340 e. The summed E-state index contributed by atoms with van der Waals surface area (Å²) in [6, 6.07) is 14.5. The SMILES string of the molecule is CCOC(=O)c1ccccc1NC(=O)CSc1nc2ccccc2[nH]1. The number of benzene rings is 2. The average molecular weight is 355 g/mol. The number of anilines is 1. The summed E-state index contributed by atoms with van der Waals surface area (Å²) in [7, 11) is 0. The maximum atomic E-state index is 12.2. The Labute approximate surface area is 149 Å². The number of carbonyl (C=O) groups is 2. The predicted octanol–water partition coefficient (Wildman–Crippen LogP) is 3.47. The highest BCUT2D eigenvalue weighted by Crippen LogP contribution is 2.20. The highest BCUT2D eigenvalue weighted by atomic mass is 32.2. The molecule has 0 aliphatic heterocycles. The van der Waals surface area contributed by atoms with Crippen LogP contribution >= 0.6 is 11.8 Å². The molecule has 0 aliphatic carbocycles. The van der Waals surface area contributed by atoms with Crippen molar-refractivity contribution >= 4 is 40.4 Å². The number of para-hydroxylation sites is 3. The van der Waals surface area contributed by atoms with Gasteiger partial charge in [-0.05, 0) is 31.2 Å². The van der Waals surface area contributed by atoms with Crippen molar-refractivity contribution in [3.63, 3.8) is 0 Å². The van der Waals surface area contributed by atoms with E-state index in [1.807, 2.05) is 24.3 Å². The topological polar surface area (TPSA) is 84.1 Å². The molecule has 0 saturated heterocycles. The molecular formula is C18H17N3O3S. The van der Waals surface area contributed by atoms with Gasteiger partial charge >= 0.3 is 5.97 Å². The maximum absolute atomic E-state index is 12.2. The fourth-order valence-corrected chi connectivity index (χ4v) is 2.98. The first-order valence-corrected chi connectivity index (χ1v) is 8.79. The van der Waals surface area contributed by atoms with Gasteiger partial charge in [-0.15, -0.1) is 0 Å². The van der Waals surface area contributed by atoms with Crippen LogP contribution in [0.4, 0.5) is 5.69 Å². The minimum Gasteiger partial charge on any atom is -0.462 e. The summed E-state index contributed by atoms with van der Waals surface area (Å²) in [5.41, 5.74) is 2.57. The largest absolute Gasteiger partial charge is 0.462 e. The summed E-state index contributed by atoms with van der Waals surface area (Å²) in [6.07, 6.45) is 0. The van der Waals surface area contributed by atoms with Crippen molar-refractivity contribution in [3.05, 3.63) is 54.1 Å². The molecule has 1 aromatic heterocycles. The molecule has 1 amide bonds. The minimum atomic E-state index is -0.455. The number of esters is 1. The van der Waals surface area contributed by atoms with Gasteiger partial charge in [0.05, 0.1) is 34.6 Å². The van der Waals surface area contributed by atoms with Crippen LogP contribution in [-0.4, -0.2) is 34.2 Å². The van der Waals surface area contributed by atoms with Gasteiger partial charge in [-0.25, -0.2) is 9.78 Å². The summed E-state index contributed by atoms with van der Waals surface area (Å²) in [5, 5.41) is 3.43. The summed E-state index contributed by atoms with van der Waals surface area (Å²) in [4.78, 5) is 31.7. The molecule has 0 bridgehead atoms. The normalized spacial score (nSPS) is 10.6. The Kier molecular flexibility index (Phi) is 5.35. The van der Waals surface area contributed by atoms with Gasteiger partial charge < -0.3 is 15.0 Å². The van der Waals surface area contributed by atoms with E-state index >= 15 is 0 Å². The molecule has 3 rings (SSSR count). The van der Waals surface area contributed by atoms with Gasteiger partial charge in [-0.2, -0.15) is 0 Å². The average Bonchev–Trinajstić information content (AvgIpc) is 3.03. The highest BCUT2D eigenvalue weighted by molar-refractivity contribution is 7.99. The number of H-pyrrole nitrogens is 1. The first-order valence-electron chi connectivity index (χ1n) is 7.81. The lowest BCUT2D eigenvalue weighted by molar-refractivity contribution is -0.113. The molecule has 0 unspecified atom stereocenters. The van der Waals surface area contributed by atoms with Crippen molar-refractivity contribution in [2.45, 2.75) is 12.1 Å². The number of nitrogens with one attached hydrogen (secondary N) is 2. The number of aromatic amines is 1. The molecule has 0 radical (unpaired) electrons. The fourth-order valence-electron chi connectivity index (χ4n) is 2.30. The van der Waals surface area contributed by atoms with Crippen LogP contribution in [0.15, 0.2) is 53.7 Å². The van der Waals surface area contributed by atoms with E-state index in [-0.39, 0.29) is 18.3 Å². The zero-order valence-electron chi connectivity index (χ0n) is 13.6. The standard InChI is InChI=1S/C18H17N3O3S/c1-2-24-17(23)12-7-3-4-8-13(12)19-16(22)11-25-18-20-14-9-5-6-10-15(14)21-18/h3-10H,2,11H2,1H3,(H,19,22)(H,20,21). The number of fused-ring (bicyclic) bond motifs is 1. The van der Waals surface area contributed by atoms with Crippen molar-refractivity contribution in [2.75, 3.05) is 17.7 Å². The second-order valence-corrected chi connectivity index (χ2v) is 6.13. The van der Waals surface area contributed by atoms with Crippen LogP contribution in [0, 0.1) is 0 Å². The quantitative estimate of drug-likeness (QED) is 0.522. The van der Waals surface area contributed by atoms with Crippen LogP contribution in [0.2, 0.25) is 0 Å². The Bertz CT molecular complexity index is 874. The smallest absolute Gasteiger partial charge is 0.340 e. The number of thioether (sulfide) groups is 1. The van der Waals surface area contributed by atoms with Gasteiger partial charge in [0.25, 0.3) is 0 Å². The predicted molar refractivity (Wildman–Crippen MR) is 97.8 cm³/mol. The Morgan fingerprint density at radius 3 is 2.72 bits per heavy atom. The van der Waals surface area contributed by atoms with E-state index in [0.29, 0.717) is 16.4 Å². The molecule has 7 heteroatoms. The third-order valence-corrected chi connectivity index (χ3v) is 4.28. The minimum absolute atomic E-state index is 0.178. The zero-order chi connectivity index (χ0) is 17.6. The van der Waals surface area contributed by atoms with Crippen LogP contribution in [-0.2, 0) is 9.53 Å². The van der Waals surface area contributed by atoms with Crippen molar-refractivity contribution in [1.82, 2.24) is 9.97 Å². The van der Waals surface area contributed by atoms with Crippen molar-refractivity contribution in [3.8, 4) is 0 Å². The van der Waals surface area contributed by atoms with Crippen LogP contribution in [0.25, 0.3) is 11.0 Å². The molecular weight excluding hydrogens is 338 g/mol. The number of imidazole rings is 1. The summed E-state index contributed by atoms with van der Waals surface area (Å²) >= 11 is 1.30. The Morgan fingerprint density at radius 1 is 1.16 bits per heavy atom. The van der Waals surface area contributed by atoms with E-state index in [1.54, 1.807) is 31.2 Å². The lowest BCUT2D eigenvalue weighted by Crippen LogP contribution is -2.17. The van der Waals surface area contributed by atoms with Gasteiger partial charge in [0.1, 0.15) is 0 Å². The number of rotatable bonds is 6. The number of carbonyl (C=O) groups excluding carboxylic acids is 2. The number of hydrogen-bond donors (Lipinski definition) is 2. The summed E-state index contributed by atoms with van der Waals surface area (Å²) < 4.78 is 5.00. The molecule has 3 aromatic rings. The van der Waals surface area contributed by atoms with Crippen LogP contribution in [0.1, 0.15) is 17.3 Å². The molecule has 6 nitrogen and oxygen atoms in total. The molecule has 2 N–H and O–H groups in total. The van der Waals surface area contributed by atoms with Gasteiger partial charge in [-0.3, -0.25) is 4.79 Å². The van der Waals surface area contributed by atoms with Gasteiger partial charge in [-0.1, -0.05) is 36.0 Å². The Hall–Kier alpha value is -2.80. The van der Waals surface area contributed by atoms with E-state index in [2.05, 4.69) is 15.3 Å². The van der Waals surface area contributed by atoms with Crippen molar-refractivity contribution in [2.24, 2.45) is 0 Å². The second-order valence-electron chi connectivity index (χ2n) is 5.16. The Balaban J connectivity index is 1.64. The number of nitrogens with zero attached hydrogens (tertiary/aromatic N) is 1. The van der Waals surface area contributed by atoms with E-state index < -0.39 is 5.97 Å². The molecule has 0 saturated carbocycles. The van der Waals surface area contributed by atoms with Gasteiger partial charge in [0.15, 0.2) is 5.16 Å². The molecule has 2 aromatic carbocycles. The number of amides is 1. The molecule has 128 valence electrons. The molecule has 0 atom stereocenters. The molecule has 0 fully saturated rings. The lowest BCUT2D eigenvalue weighted by Gasteiger charge is -2.09. The lowest BCUT2D eigenvalue weighted by atomic mass is 10.2. The molecule has 25 heavy (non-hydrogen) atoms. The monoisotopic (exact) mass is 355 g/mol. The number of ether oxygens (including phenoxy) is 1. The first kappa shape index (κ1) is 17.0. The molecule has 1 heterocycles. The highest BCUT2D eigenvalue weighted by Gasteiger charge is 2.14. The summed E-state index contributed by atoms with van der Waals surface area (Å²) in [5.74, 6) is -0.498. The fraction of sp³-hybridized carbons (Fsp3) is 0.167. The molecule has 0 aliphatic rings. The van der Waals surface area contributed by atoms with Crippen LogP contribution in [0.3, 0.4) is 0 Å². The van der Waals surface area contributed by atoms with Crippen LogP contribution < -0.4 is 5.32 Å². The van der Waals surface area contributed by atoms with Crippen molar-refractivity contribution in [1.29, 1.82) is 0 Å². The van der Waals surface area contributed by atoms with Gasteiger partial charge in [0, 0.05) is 0 Å². The van der Waals surface area contributed by atoms with Crippen molar-refractivity contribution < 1.29 is 14.3 Å². The third kappa shape index (κ3) is 4.19. The first-order chi connectivity index (χ1) is 12.2. The molecule has 0 spiro atoms. The third-order valence-electron chi connectivity index (χ3n) is 3.40. The number of aromatic nitrogens is 2.